The Balaban J connectivity index is 1.31. The third-order valence-electron chi connectivity index (χ3n) is 5.22. The van der Waals surface area contributed by atoms with Crippen molar-refractivity contribution >= 4 is 34.8 Å². The van der Waals surface area contributed by atoms with Crippen molar-refractivity contribution in [2.24, 2.45) is 7.05 Å². The van der Waals surface area contributed by atoms with Crippen molar-refractivity contribution in [1.82, 2.24) is 24.5 Å². The topological polar surface area (TPSA) is 77.6 Å². The molecule has 0 aliphatic rings. The van der Waals surface area contributed by atoms with Gasteiger partial charge in [-0.1, -0.05) is 66.4 Å². The number of carbonyl (C=O) groups excluding carboxylic acids is 1. The Morgan fingerprint density at radius 3 is 2.50 bits per heavy atom. The summed E-state index contributed by atoms with van der Waals surface area (Å²) in [6, 6.07) is 25.7. The number of thiophene rings is 1. The molecule has 9 heteroatoms. The van der Waals surface area contributed by atoms with E-state index in [9.17, 15) is 4.79 Å². The molecule has 0 fully saturated rings. The van der Waals surface area contributed by atoms with Crippen LogP contribution in [0.5, 0.6) is 0 Å². The molecule has 0 radical (unpaired) electrons. The molecule has 5 rings (SSSR count). The first-order valence-corrected chi connectivity index (χ1v) is 12.6. The Labute approximate surface area is 205 Å². The van der Waals surface area contributed by atoms with Crippen molar-refractivity contribution in [3.05, 3.63) is 94.9 Å². The second kappa shape index (κ2) is 10.1. The summed E-state index contributed by atoms with van der Waals surface area (Å²) in [5.41, 5.74) is 2.65. The molecule has 3 heterocycles. The molecule has 5 aromatic rings. The minimum absolute atomic E-state index is 0.135. The SMILES string of the molecule is Cn1c(Cc2cccs2)nnc1SCC(=O)Nc1cc(-c2ccccc2)nn1-c1ccccc1. The molecular formula is C25H22N6OS2. The van der Waals surface area contributed by atoms with Gasteiger partial charge in [-0.05, 0) is 23.6 Å². The van der Waals surface area contributed by atoms with Crippen LogP contribution < -0.4 is 5.32 Å². The largest absolute Gasteiger partial charge is 0.310 e. The number of hydrogen-bond acceptors (Lipinski definition) is 6. The van der Waals surface area contributed by atoms with Crippen molar-refractivity contribution in [2.45, 2.75) is 11.6 Å². The number of thioether (sulfide) groups is 1. The van der Waals surface area contributed by atoms with Gasteiger partial charge < -0.3 is 9.88 Å². The summed E-state index contributed by atoms with van der Waals surface area (Å²) in [4.78, 5) is 14.1. The van der Waals surface area contributed by atoms with Crippen LogP contribution in [0.1, 0.15) is 10.7 Å². The monoisotopic (exact) mass is 486 g/mol. The third kappa shape index (κ3) is 4.95. The first-order chi connectivity index (χ1) is 16.7. The maximum atomic E-state index is 12.9. The van der Waals surface area contributed by atoms with Crippen molar-refractivity contribution in [2.75, 3.05) is 11.1 Å². The van der Waals surface area contributed by atoms with Crippen molar-refractivity contribution in [3.8, 4) is 16.9 Å². The summed E-state index contributed by atoms with van der Waals surface area (Å²) in [5, 5.41) is 19.1. The van der Waals surface area contributed by atoms with Crippen LogP contribution in [0.3, 0.4) is 0 Å². The fourth-order valence-electron chi connectivity index (χ4n) is 3.49. The van der Waals surface area contributed by atoms with Crippen LogP contribution in [0, 0.1) is 0 Å². The smallest absolute Gasteiger partial charge is 0.236 e. The Morgan fingerprint density at radius 2 is 1.76 bits per heavy atom. The molecule has 2 aromatic carbocycles. The quantitative estimate of drug-likeness (QED) is 0.311. The van der Waals surface area contributed by atoms with Gasteiger partial charge in [0.1, 0.15) is 11.6 Å². The highest BCUT2D eigenvalue weighted by molar-refractivity contribution is 7.99. The minimum Gasteiger partial charge on any atom is -0.310 e. The van der Waals surface area contributed by atoms with Gasteiger partial charge in [0.15, 0.2) is 5.16 Å². The van der Waals surface area contributed by atoms with Crippen molar-refractivity contribution in [1.29, 1.82) is 0 Å². The van der Waals surface area contributed by atoms with Gasteiger partial charge in [0.05, 0.1) is 17.1 Å². The Kier molecular flexibility index (Phi) is 6.55. The van der Waals surface area contributed by atoms with Crippen LogP contribution in [-0.4, -0.2) is 36.2 Å². The number of benzene rings is 2. The van der Waals surface area contributed by atoms with Gasteiger partial charge in [-0.25, -0.2) is 4.68 Å². The van der Waals surface area contributed by atoms with E-state index >= 15 is 0 Å². The Bertz CT molecular complexity index is 1380. The van der Waals surface area contributed by atoms with Gasteiger partial charge in [0.2, 0.25) is 5.91 Å². The molecule has 3 aromatic heterocycles. The predicted molar refractivity (Wildman–Crippen MR) is 136 cm³/mol. The van der Waals surface area contributed by atoms with Crippen LogP contribution in [0.25, 0.3) is 16.9 Å². The van der Waals surface area contributed by atoms with Crippen molar-refractivity contribution < 1.29 is 4.79 Å². The number of aromatic nitrogens is 5. The predicted octanol–water partition coefficient (Wildman–Crippen LogP) is 5.05. The van der Waals surface area contributed by atoms with Crippen LogP contribution in [0.4, 0.5) is 5.82 Å². The van der Waals surface area contributed by atoms with Crippen LogP contribution in [0.2, 0.25) is 0 Å². The van der Waals surface area contributed by atoms with E-state index in [1.807, 2.05) is 84.4 Å². The zero-order valence-corrected chi connectivity index (χ0v) is 20.1. The average molecular weight is 487 g/mol. The number of carbonyl (C=O) groups is 1. The van der Waals surface area contributed by atoms with E-state index in [-0.39, 0.29) is 11.7 Å². The van der Waals surface area contributed by atoms with Crippen LogP contribution >= 0.6 is 23.1 Å². The summed E-state index contributed by atoms with van der Waals surface area (Å²) < 4.78 is 3.70. The van der Waals surface area contributed by atoms with Gasteiger partial charge in [-0.2, -0.15) is 5.10 Å². The average Bonchev–Trinajstić information content (AvgIpc) is 3.61. The molecule has 7 nitrogen and oxygen atoms in total. The number of nitrogens with one attached hydrogen (secondary N) is 1. The standard InChI is InChI=1S/C25H22N6OS2/c1-30-23(15-20-13-8-14-33-20)27-28-25(30)34-17-24(32)26-22-16-21(18-9-4-2-5-10-18)29-31(22)19-11-6-3-7-12-19/h2-14,16H,15,17H2,1H3,(H,26,32). The molecule has 0 unspecified atom stereocenters. The number of rotatable bonds is 8. The fraction of sp³-hybridized carbons (Fsp3) is 0.120. The molecule has 1 N–H and O–H groups in total. The number of hydrogen-bond donors (Lipinski definition) is 1. The van der Waals surface area contributed by atoms with E-state index < -0.39 is 0 Å². The molecule has 0 bridgehead atoms. The highest BCUT2D eigenvalue weighted by Crippen LogP contribution is 2.25. The zero-order valence-electron chi connectivity index (χ0n) is 18.5. The number of anilines is 1. The van der Waals surface area contributed by atoms with E-state index in [0.29, 0.717) is 11.0 Å². The number of para-hydroxylation sites is 1. The van der Waals surface area contributed by atoms with Crippen LogP contribution in [0.15, 0.2) is 89.4 Å². The Morgan fingerprint density at radius 1 is 1.00 bits per heavy atom. The molecule has 0 spiro atoms. The molecule has 0 saturated carbocycles. The highest BCUT2D eigenvalue weighted by Gasteiger charge is 2.16. The molecule has 0 aliphatic carbocycles. The van der Waals surface area contributed by atoms with E-state index in [1.54, 1.807) is 16.0 Å². The summed E-state index contributed by atoms with van der Waals surface area (Å²) in [6.45, 7) is 0. The fourth-order valence-corrected chi connectivity index (χ4v) is 4.92. The summed E-state index contributed by atoms with van der Waals surface area (Å²) in [7, 11) is 1.93. The summed E-state index contributed by atoms with van der Waals surface area (Å²) in [5.74, 6) is 1.57. The molecule has 170 valence electrons. The van der Waals surface area contributed by atoms with Gasteiger partial charge >= 0.3 is 0 Å². The van der Waals surface area contributed by atoms with Gasteiger partial charge in [-0.3, -0.25) is 4.79 Å². The van der Waals surface area contributed by atoms with Gasteiger partial charge in [0, 0.05) is 30.0 Å². The van der Waals surface area contributed by atoms with Gasteiger partial charge in [-0.15, -0.1) is 21.5 Å². The minimum atomic E-state index is -0.135. The molecular weight excluding hydrogens is 464 g/mol. The lowest BCUT2D eigenvalue weighted by Crippen LogP contribution is -2.17. The van der Waals surface area contributed by atoms with E-state index in [2.05, 4.69) is 27.0 Å². The normalized spacial score (nSPS) is 11.0. The lowest BCUT2D eigenvalue weighted by molar-refractivity contribution is -0.113. The molecule has 34 heavy (non-hydrogen) atoms. The molecule has 0 saturated heterocycles. The number of nitrogens with zero attached hydrogens (tertiary/aromatic N) is 5. The van der Waals surface area contributed by atoms with Crippen molar-refractivity contribution in [3.63, 3.8) is 0 Å². The molecule has 1 amide bonds. The third-order valence-corrected chi connectivity index (χ3v) is 7.11. The first-order valence-electron chi connectivity index (χ1n) is 10.7. The summed E-state index contributed by atoms with van der Waals surface area (Å²) >= 11 is 3.06. The van der Waals surface area contributed by atoms with E-state index in [0.717, 1.165) is 29.2 Å². The van der Waals surface area contributed by atoms with Gasteiger partial charge in [0.25, 0.3) is 0 Å². The summed E-state index contributed by atoms with van der Waals surface area (Å²) in [6.07, 6.45) is 0.729. The van der Waals surface area contributed by atoms with E-state index in [4.69, 9.17) is 5.10 Å². The molecule has 0 aliphatic heterocycles. The maximum absolute atomic E-state index is 12.9. The number of amides is 1. The second-order valence-corrected chi connectivity index (χ2v) is 9.55. The molecule has 0 atom stereocenters. The second-order valence-electron chi connectivity index (χ2n) is 7.58. The highest BCUT2D eigenvalue weighted by atomic mass is 32.2. The zero-order chi connectivity index (χ0) is 23.3. The lowest BCUT2D eigenvalue weighted by atomic mass is 10.2. The lowest BCUT2D eigenvalue weighted by Gasteiger charge is -2.08. The van der Waals surface area contributed by atoms with Crippen LogP contribution in [-0.2, 0) is 18.3 Å². The maximum Gasteiger partial charge on any atom is 0.236 e. The first kappa shape index (κ1) is 22.1. The Hall–Kier alpha value is -3.69. The van der Waals surface area contributed by atoms with E-state index in [1.165, 1.54) is 16.6 Å².